The topological polar surface area (TPSA) is 63.6 Å². The number of hydrogen-bond donors (Lipinski definition) is 1. The van der Waals surface area contributed by atoms with Gasteiger partial charge in [0.25, 0.3) is 5.91 Å². The molecular weight excluding hydrogens is 402 g/mol. The lowest BCUT2D eigenvalue weighted by Gasteiger charge is -2.44. The van der Waals surface area contributed by atoms with Crippen LogP contribution >= 0.6 is 0 Å². The van der Waals surface area contributed by atoms with E-state index in [0.29, 0.717) is 31.2 Å². The van der Waals surface area contributed by atoms with Crippen molar-refractivity contribution in [3.05, 3.63) is 65.9 Å². The van der Waals surface area contributed by atoms with Gasteiger partial charge in [-0.3, -0.25) is 9.59 Å². The first-order valence-electron chi connectivity index (χ1n) is 11.2. The van der Waals surface area contributed by atoms with Gasteiger partial charge in [0.05, 0.1) is 13.7 Å². The molecule has 0 bridgehead atoms. The molecular formula is C26H31N3O3. The molecule has 0 radical (unpaired) electrons. The lowest BCUT2D eigenvalue weighted by Crippen LogP contribution is -2.64. The highest BCUT2D eigenvalue weighted by Crippen LogP contribution is 2.33. The molecule has 1 atom stereocenters. The minimum atomic E-state index is -0.997. The van der Waals surface area contributed by atoms with Crippen LogP contribution in [0.2, 0.25) is 0 Å². The highest BCUT2D eigenvalue weighted by Gasteiger charge is 2.47. The first kappa shape index (κ1) is 21.9. The Morgan fingerprint density at radius 3 is 2.62 bits per heavy atom. The van der Waals surface area contributed by atoms with Gasteiger partial charge in [0.15, 0.2) is 0 Å². The fraction of sp³-hybridized carbons (Fsp3) is 0.385. The smallest absolute Gasteiger partial charge is 0.271 e. The van der Waals surface area contributed by atoms with E-state index in [1.807, 2.05) is 66.1 Å². The van der Waals surface area contributed by atoms with Gasteiger partial charge in [0.1, 0.15) is 17.0 Å². The number of fused-ring (bicyclic) bond motifs is 3. The largest absolute Gasteiger partial charge is 0.496 e. The van der Waals surface area contributed by atoms with Crippen molar-refractivity contribution in [2.75, 3.05) is 13.7 Å². The predicted molar refractivity (Wildman–Crippen MR) is 126 cm³/mol. The molecule has 1 aliphatic rings. The first-order valence-corrected chi connectivity index (χ1v) is 11.2. The van der Waals surface area contributed by atoms with Crippen LogP contribution in [0.1, 0.15) is 43.2 Å². The van der Waals surface area contributed by atoms with Crippen LogP contribution in [0.15, 0.2) is 54.6 Å². The molecule has 168 valence electrons. The van der Waals surface area contributed by atoms with Gasteiger partial charge in [-0.05, 0) is 37.5 Å². The van der Waals surface area contributed by atoms with E-state index in [1.165, 1.54) is 0 Å². The Labute approximate surface area is 189 Å². The number of aromatic nitrogens is 1. The summed E-state index contributed by atoms with van der Waals surface area (Å²) in [6.45, 7) is 7.42. The number of rotatable bonds is 7. The number of ether oxygens (including phenoxy) is 1. The van der Waals surface area contributed by atoms with Crippen molar-refractivity contribution < 1.29 is 14.3 Å². The summed E-state index contributed by atoms with van der Waals surface area (Å²) in [6.07, 6.45) is 0.835. The lowest BCUT2D eigenvalue weighted by molar-refractivity contribution is -0.133. The van der Waals surface area contributed by atoms with E-state index >= 15 is 0 Å². The van der Waals surface area contributed by atoms with Gasteiger partial charge >= 0.3 is 0 Å². The van der Waals surface area contributed by atoms with Crippen molar-refractivity contribution in [3.8, 4) is 5.75 Å². The van der Waals surface area contributed by atoms with Crippen LogP contribution in [0.3, 0.4) is 0 Å². The molecule has 4 rings (SSSR count). The molecule has 1 aliphatic heterocycles. The Balaban J connectivity index is 1.67. The number of nitrogens with one attached hydrogen (secondary N) is 1. The third-order valence-corrected chi connectivity index (χ3v) is 6.39. The molecule has 0 saturated heterocycles. The van der Waals surface area contributed by atoms with Gasteiger partial charge in [-0.25, -0.2) is 0 Å². The van der Waals surface area contributed by atoms with E-state index in [4.69, 9.17) is 4.74 Å². The summed E-state index contributed by atoms with van der Waals surface area (Å²) >= 11 is 0. The molecule has 6 heteroatoms. The van der Waals surface area contributed by atoms with Crippen molar-refractivity contribution in [1.82, 2.24) is 14.8 Å². The SMILES string of the molecule is COc1ccccc1CNC(=O)[C@]1(C)Cn2c(cc3ccccc32)C(=O)N1CCC(C)C. The summed E-state index contributed by atoms with van der Waals surface area (Å²) < 4.78 is 7.41. The maximum absolute atomic E-state index is 13.6. The lowest BCUT2D eigenvalue weighted by atomic mass is 9.93. The molecule has 6 nitrogen and oxygen atoms in total. The molecule has 2 heterocycles. The van der Waals surface area contributed by atoms with Crippen LogP contribution in [0.5, 0.6) is 5.75 Å². The van der Waals surface area contributed by atoms with Gasteiger partial charge in [0, 0.05) is 29.6 Å². The molecule has 2 aromatic carbocycles. The normalized spacial score (nSPS) is 18.2. The number of para-hydroxylation sites is 2. The van der Waals surface area contributed by atoms with Crippen molar-refractivity contribution in [2.24, 2.45) is 5.92 Å². The number of nitrogens with zero attached hydrogens (tertiary/aromatic N) is 2. The van der Waals surface area contributed by atoms with Gasteiger partial charge in [-0.2, -0.15) is 0 Å². The summed E-state index contributed by atoms with van der Waals surface area (Å²) in [5.74, 6) is 0.900. The quantitative estimate of drug-likeness (QED) is 0.607. The molecule has 0 unspecified atom stereocenters. The molecule has 0 fully saturated rings. The van der Waals surface area contributed by atoms with E-state index in [0.717, 1.165) is 28.6 Å². The van der Waals surface area contributed by atoms with Crippen LogP contribution in [0.4, 0.5) is 0 Å². The van der Waals surface area contributed by atoms with E-state index in [9.17, 15) is 9.59 Å². The van der Waals surface area contributed by atoms with Crippen molar-refractivity contribution in [3.63, 3.8) is 0 Å². The van der Waals surface area contributed by atoms with Crippen molar-refractivity contribution in [2.45, 2.75) is 45.8 Å². The van der Waals surface area contributed by atoms with E-state index in [2.05, 4.69) is 19.2 Å². The Morgan fingerprint density at radius 2 is 1.88 bits per heavy atom. The maximum Gasteiger partial charge on any atom is 0.271 e. The van der Waals surface area contributed by atoms with Gasteiger partial charge in [-0.15, -0.1) is 0 Å². The number of amides is 2. The van der Waals surface area contributed by atoms with Gasteiger partial charge in [0.2, 0.25) is 5.91 Å². The number of hydrogen-bond acceptors (Lipinski definition) is 3. The molecule has 32 heavy (non-hydrogen) atoms. The molecule has 1 N–H and O–H groups in total. The zero-order valence-electron chi connectivity index (χ0n) is 19.2. The Kier molecular flexibility index (Phi) is 5.96. The second-order valence-electron chi connectivity index (χ2n) is 9.08. The highest BCUT2D eigenvalue weighted by atomic mass is 16.5. The molecule has 0 spiro atoms. The number of methoxy groups -OCH3 is 1. The summed E-state index contributed by atoms with van der Waals surface area (Å²) in [6, 6.07) is 17.5. The predicted octanol–water partition coefficient (Wildman–Crippen LogP) is 4.23. The zero-order chi connectivity index (χ0) is 22.9. The van der Waals surface area contributed by atoms with Crippen LogP contribution in [0.25, 0.3) is 10.9 Å². The third-order valence-electron chi connectivity index (χ3n) is 6.39. The summed E-state index contributed by atoms with van der Waals surface area (Å²) in [5, 5.41) is 4.08. The number of carbonyl (C=O) groups is 2. The maximum atomic E-state index is 13.6. The third kappa shape index (κ3) is 3.85. The van der Waals surface area contributed by atoms with Gasteiger partial charge < -0.3 is 19.5 Å². The average Bonchev–Trinajstić information content (AvgIpc) is 3.15. The Bertz CT molecular complexity index is 1150. The summed E-state index contributed by atoms with van der Waals surface area (Å²) in [7, 11) is 1.62. The zero-order valence-corrected chi connectivity index (χ0v) is 19.2. The molecule has 3 aromatic rings. The standard InChI is InChI=1S/C26H31N3O3/c1-18(2)13-14-29-24(30)22-15-19-9-5-7-11-21(19)28(22)17-26(29,3)25(31)27-16-20-10-6-8-12-23(20)32-4/h5-12,15,18H,13-14,16-17H2,1-4H3,(H,27,31)/t26-/m0/s1. The van der Waals surface area contributed by atoms with E-state index in [-0.39, 0.29) is 11.8 Å². The van der Waals surface area contributed by atoms with Crippen molar-refractivity contribution in [1.29, 1.82) is 0 Å². The fourth-order valence-electron chi connectivity index (χ4n) is 4.46. The summed E-state index contributed by atoms with van der Waals surface area (Å²) in [4.78, 5) is 29.0. The second-order valence-corrected chi connectivity index (χ2v) is 9.08. The minimum Gasteiger partial charge on any atom is -0.496 e. The molecule has 0 saturated carbocycles. The van der Waals surface area contributed by atoms with Crippen LogP contribution in [-0.2, 0) is 17.9 Å². The molecule has 2 amide bonds. The highest BCUT2D eigenvalue weighted by molar-refractivity contribution is 6.03. The summed E-state index contributed by atoms with van der Waals surface area (Å²) in [5.41, 5.74) is 1.52. The number of benzene rings is 2. The first-order chi connectivity index (χ1) is 15.3. The molecule has 1 aromatic heterocycles. The number of carbonyl (C=O) groups excluding carboxylic acids is 2. The van der Waals surface area contributed by atoms with Crippen LogP contribution in [0, 0.1) is 5.92 Å². The van der Waals surface area contributed by atoms with E-state index < -0.39 is 5.54 Å². The second kappa shape index (κ2) is 8.69. The molecule has 0 aliphatic carbocycles. The minimum absolute atomic E-state index is 0.0944. The monoisotopic (exact) mass is 433 g/mol. The van der Waals surface area contributed by atoms with Crippen molar-refractivity contribution >= 4 is 22.7 Å². The van der Waals surface area contributed by atoms with E-state index in [1.54, 1.807) is 12.0 Å². The van der Waals surface area contributed by atoms with Crippen LogP contribution in [-0.4, -0.2) is 40.5 Å². The fourth-order valence-corrected chi connectivity index (χ4v) is 4.46. The van der Waals surface area contributed by atoms with Gasteiger partial charge in [-0.1, -0.05) is 50.2 Å². The Hall–Kier alpha value is -3.28. The average molecular weight is 434 g/mol. The van der Waals surface area contributed by atoms with Crippen LogP contribution < -0.4 is 10.1 Å². The Morgan fingerprint density at radius 1 is 1.16 bits per heavy atom.